The summed E-state index contributed by atoms with van der Waals surface area (Å²) >= 11 is 7.57. The van der Waals surface area contributed by atoms with Crippen molar-refractivity contribution in [2.75, 3.05) is 20.3 Å². The van der Waals surface area contributed by atoms with E-state index in [2.05, 4.69) is 4.99 Å². The van der Waals surface area contributed by atoms with E-state index in [9.17, 15) is 4.79 Å². The lowest BCUT2D eigenvalue weighted by atomic mass is 10.2. The van der Waals surface area contributed by atoms with Gasteiger partial charge in [-0.25, -0.2) is 0 Å². The van der Waals surface area contributed by atoms with Crippen LogP contribution in [0.15, 0.2) is 53.5 Å². The number of thiazole rings is 1. The van der Waals surface area contributed by atoms with E-state index in [-0.39, 0.29) is 5.91 Å². The van der Waals surface area contributed by atoms with E-state index < -0.39 is 0 Å². The summed E-state index contributed by atoms with van der Waals surface area (Å²) in [6.45, 7) is 3.75. The molecule has 0 radical (unpaired) electrons. The predicted octanol–water partition coefficient (Wildman–Crippen LogP) is 4.54. The maximum Gasteiger partial charge on any atom is 0.272 e. The topological polar surface area (TPSA) is 52.8 Å². The van der Waals surface area contributed by atoms with Crippen molar-refractivity contribution < 1.29 is 14.3 Å². The molecule has 0 aliphatic carbocycles. The molecule has 28 heavy (non-hydrogen) atoms. The fourth-order valence-corrected chi connectivity index (χ4v) is 3.97. The van der Waals surface area contributed by atoms with E-state index in [1.807, 2.05) is 47.9 Å². The molecule has 0 unspecified atom stereocenters. The van der Waals surface area contributed by atoms with Crippen molar-refractivity contribution in [1.29, 1.82) is 0 Å². The highest BCUT2D eigenvalue weighted by atomic mass is 35.5. The Morgan fingerprint density at radius 2 is 2.11 bits per heavy atom. The third-order valence-corrected chi connectivity index (χ3v) is 5.46. The third kappa shape index (κ3) is 4.90. The molecule has 1 aromatic heterocycles. The molecule has 0 saturated heterocycles. The molecule has 1 amide bonds. The Labute approximate surface area is 172 Å². The molecule has 0 saturated carbocycles. The van der Waals surface area contributed by atoms with Gasteiger partial charge in [0.1, 0.15) is 5.75 Å². The van der Waals surface area contributed by atoms with Gasteiger partial charge in [0, 0.05) is 24.3 Å². The van der Waals surface area contributed by atoms with Crippen molar-refractivity contribution in [3.05, 3.63) is 63.9 Å². The van der Waals surface area contributed by atoms with Crippen LogP contribution in [-0.2, 0) is 16.1 Å². The molecule has 0 N–H and O–H groups in total. The Balaban J connectivity index is 1.96. The Bertz CT molecular complexity index is 1070. The van der Waals surface area contributed by atoms with Gasteiger partial charge in [-0.2, -0.15) is 4.99 Å². The lowest BCUT2D eigenvalue weighted by Crippen LogP contribution is -2.19. The number of nitrogens with zero attached hydrogens (tertiary/aromatic N) is 2. The van der Waals surface area contributed by atoms with Gasteiger partial charge in [0.15, 0.2) is 4.80 Å². The standard InChI is InChI=1S/C21H21ClN2O3S/c1-3-27-13-12-24-18-10-9-16(26-2)14-19(18)28-21(24)23-20(25)11-8-15-6-4-5-7-17(15)22/h4-11,14H,3,12-13H2,1-2H3/b11-8+,23-21?. The molecule has 0 aliphatic rings. The summed E-state index contributed by atoms with van der Waals surface area (Å²) in [6, 6.07) is 13.2. The fraction of sp³-hybridized carbons (Fsp3) is 0.238. The van der Waals surface area contributed by atoms with Gasteiger partial charge in [0.2, 0.25) is 0 Å². The van der Waals surface area contributed by atoms with Crippen LogP contribution in [-0.4, -0.2) is 30.8 Å². The smallest absolute Gasteiger partial charge is 0.272 e. The molecule has 1 heterocycles. The highest BCUT2D eigenvalue weighted by Crippen LogP contribution is 2.23. The van der Waals surface area contributed by atoms with E-state index >= 15 is 0 Å². The third-order valence-electron chi connectivity index (χ3n) is 4.07. The summed E-state index contributed by atoms with van der Waals surface area (Å²) in [5.74, 6) is 0.422. The van der Waals surface area contributed by atoms with Crippen molar-refractivity contribution in [3.8, 4) is 5.75 Å². The molecule has 0 bridgehead atoms. The Hall–Kier alpha value is -2.41. The maximum absolute atomic E-state index is 12.4. The number of halogens is 1. The summed E-state index contributed by atoms with van der Waals surface area (Å²) in [5.41, 5.74) is 1.77. The van der Waals surface area contributed by atoms with Crippen LogP contribution in [0.2, 0.25) is 5.02 Å². The average Bonchev–Trinajstić information content (AvgIpc) is 3.03. The van der Waals surface area contributed by atoms with Crippen molar-refractivity contribution in [3.63, 3.8) is 0 Å². The molecule has 146 valence electrons. The zero-order valence-corrected chi connectivity index (χ0v) is 17.3. The van der Waals surface area contributed by atoms with Crippen molar-refractivity contribution in [2.45, 2.75) is 13.5 Å². The zero-order chi connectivity index (χ0) is 19.9. The summed E-state index contributed by atoms with van der Waals surface area (Å²) in [6.07, 6.45) is 3.11. The molecule has 5 nitrogen and oxygen atoms in total. The van der Waals surface area contributed by atoms with Crippen LogP contribution in [0.4, 0.5) is 0 Å². The number of ether oxygens (including phenoxy) is 2. The number of amides is 1. The van der Waals surface area contributed by atoms with Gasteiger partial charge in [-0.3, -0.25) is 4.79 Å². The highest BCUT2D eigenvalue weighted by molar-refractivity contribution is 7.16. The maximum atomic E-state index is 12.4. The van der Waals surface area contributed by atoms with Crippen molar-refractivity contribution >= 4 is 45.1 Å². The molecule has 0 atom stereocenters. The quantitative estimate of drug-likeness (QED) is 0.419. The monoisotopic (exact) mass is 416 g/mol. The average molecular weight is 417 g/mol. The number of rotatable bonds is 7. The Morgan fingerprint density at radius 3 is 2.86 bits per heavy atom. The van der Waals surface area contributed by atoms with Crippen LogP contribution in [0.3, 0.4) is 0 Å². The van der Waals surface area contributed by atoms with E-state index in [1.54, 1.807) is 19.3 Å². The molecule has 7 heteroatoms. The van der Waals surface area contributed by atoms with Crippen LogP contribution in [0.1, 0.15) is 12.5 Å². The normalized spacial score (nSPS) is 12.2. The first kappa shape index (κ1) is 20.3. The number of aromatic nitrogens is 1. The fourth-order valence-electron chi connectivity index (χ4n) is 2.68. The van der Waals surface area contributed by atoms with Gasteiger partial charge in [0.25, 0.3) is 5.91 Å². The summed E-state index contributed by atoms with van der Waals surface area (Å²) in [5, 5.41) is 0.590. The van der Waals surface area contributed by atoms with E-state index in [0.717, 1.165) is 21.5 Å². The number of fused-ring (bicyclic) bond motifs is 1. The van der Waals surface area contributed by atoms with Gasteiger partial charge in [-0.05, 0) is 42.8 Å². The minimum atomic E-state index is -0.344. The van der Waals surface area contributed by atoms with Crippen LogP contribution in [0.5, 0.6) is 5.75 Å². The predicted molar refractivity (Wildman–Crippen MR) is 114 cm³/mol. The van der Waals surface area contributed by atoms with Crippen LogP contribution < -0.4 is 9.54 Å². The Morgan fingerprint density at radius 1 is 1.29 bits per heavy atom. The summed E-state index contributed by atoms with van der Waals surface area (Å²) in [4.78, 5) is 17.3. The van der Waals surface area contributed by atoms with Gasteiger partial charge >= 0.3 is 0 Å². The zero-order valence-electron chi connectivity index (χ0n) is 15.7. The number of methoxy groups -OCH3 is 1. The molecule has 0 aliphatic heterocycles. The molecule has 3 aromatic rings. The number of benzene rings is 2. The van der Waals surface area contributed by atoms with Crippen molar-refractivity contribution in [2.24, 2.45) is 4.99 Å². The number of carbonyl (C=O) groups excluding carboxylic acids is 1. The molecule has 2 aromatic carbocycles. The molecule has 3 rings (SSSR count). The first-order valence-corrected chi connectivity index (χ1v) is 10.1. The van der Waals surface area contributed by atoms with Crippen LogP contribution >= 0.6 is 22.9 Å². The van der Waals surface area contributed by atoms with Crippen LogP contribution in [0, 0.1) is 0 Å². The Kier molecular flexibility index (Phi) is 7.03. The first-order valence-electron chi connectivity index (χ1n) is 8.88. The van der Waals surface area contributed by atoms with Crippen LogP contribution in [0.25, 0.3) is 16.3 Å². The molecular formula is C21H21ClN2O3S. The first-order chi connectivity index (χ1) is 13.6. The van der Waals surface area contributed by atoms with Crippen molar-refractivity contribution in [1.82, 2.24) is 4.57 Å². The minimum absolute atomic E-state index is 0.344. The largest absolute Gasteiger partial charge is 0.497 e. The van der Waals surface area contributed by atoms with Gasteiger partial charge in [-0.1, -0.05) is 41.1 Å². The molecule has 0 fully saturated rings. The van der Waals surface area contributed by atoms with Gasteiger partial charge < -0.3 is 14.0 Å². The van der Waals surface area contributed by atoms with E-state index in [0.29, 0.717) is 29.6 Å². The molecular weight excluding hydrogens is 396 g/mol. The second-order valence-electron chi connectivity index (χ2n) is 5.87. The molecule has 0 spiro atoms. The minimum Gasteiger partial charge on any atom is -0.497 e. The number of carbonyl (C=O) groups is 1. The SMILES string of the molecule is CCOCCn1c(=NC(=O)/C=C/c2ccccc2Cl)sc2cc(OC)ccc21. The summed E-state index contributed by atoms with van der Waals surface area (Å²) in [7, 11) is 1.63. The van der Waals surface area contributed by atoms with Gasteiger partial charge in [0.05, 0.1) is 23.9 Å². The number of hydrogen-bond acceptors (Lipinski definition) is 4. The second kappa shape index (κ2) is 9.68. The summed E-state index contributed by atoms with van der Waals surface area (Å²) < 4.78 is 13.8. The van der Waals surface area contributed by atoms with E-state index in [1.165, 1.54) is 17.4 Å². The highest BCUT2D eigenvalue weighted by Gasteiger charge is 2.08. The lowest BCUT2D eigenvalue weighted by Gasteiger charge is -2.05. The number of hydrogen-bond donors (Lipinski definition) is 0. The lowest BCUT2D eigenvalue weighted by molar-refractivity contribution is -0.113. The van der Waals surface area contributed by atoms with Gasteiger partial charge in [-0.15, -0.1) is 0 Å². The van der Waals surface area contributed by atoms with E-state index in [4.69, 9.17) is 21.1 Å². The second-order valence-corrected chi connectivity index (χ2v) is 7.29.